The zero-order valence-electron chi connectivity index (χ0n) is 13.1. The second-order valence-electron chi connectivity index (χ2n) is 5.28. The van der Waals surface area contributed by atoms with E-state index < -0.39 is 10.0 Å². The van der Waals surface area contributed by atoms with Crippen LogP contribution in [-0.2, 0) is 10.0 Å². The van der Waals surface area contributed by atoms with Gasteiger partial charge in [-0.3, -0.25) is 0 Å². The van der Waals surface area contributed by atoms with Crippen LogP contribution in [0, 0.1) is 0 Å². The second-order valence-corrected chi connectivity index (χ2v) is 7.43. The van der Waals surface area contributed by atoms with Gasteiger partial charge in [0.1, 0.15) is 11.6 Å². The van der Waals surface area contributed by atoms with E-state index in [1.54, 1.807) is 25.3 Å². The molecule has 0 radical (unpaired) electrons. The minimum atomic E-state index is -3.46. The molecule has 0 aliphatic carbocycles. The maximum Gasteiger partial charge on any atom is 0.242 e. The Bertz CT molecular complexity index is 944. The Morgan fingerprint density at radius 1 is 1.09 bits per heavy atom. The Balaban J connectivity index is 2.05. The summed E-state index contributed by atoms with van der Waals surface area (Å²) in [5.41, 5.74) is 2.30. The lowest BCUT2D eigenvalue weighted by atomic mass is 10.2. The molecule has 2 aromatic carbocycles. The highest BCUT2D eigenvalue weighted by Gasteiger charge is 2.18. The molecule has 0 fully saturated rings. The van der Waals surface area contributed by atoms with E-state index >= 15 is 0 Å². The van der Waals surface area contributed by atoms with Crippen molar-refractivity contribution in [2.75, 3.05) is 21.2 Å². The van der Waals surface area contributed by atoms with Crippen LogP contribution in [0.4, 0.5) is 0 Å². The molecule has 0 aliphatic heterocycles. The van der Waals surface area contributed by atoms with Crippen LogP contribution in [-0.4, -0.2) is 43.9 Å². The fourth-order valence-electron chi connectivity index (χ4n) is 2.25. The zero-order chi connectivity index (χ0) is 16.6. The number of imidazole rings is 1. The lowest BCUT2D eigenvalue weighted by molar-refractivity contribution is 0.415. The molecule has 23 heavy (non-hydrogen) atoms. The lowest BCUT2D eigenvalue weighted by Crippen LogP contribution is -2.22. The first-order chi connectivity index (χ1) is 10.9. The van der Waals surface area contributed by atoms with E-state index in [0.29, 0.717) is 16.9 Å². The molecule has 0 aliphatic rings. The first-order valence-corrected chi connectivity index (χ1v) is 8.42. The number of benzene rings is 2. The Labute approximate surface area is 134 Å². The number of nitrogens with zero attached hydrogens (tertiary/aromatic N) is 2. The van der Waals surface area contributed by atoms with Crippen molar-refractivity contribution in [3.8, 4) is 17.1 Å². The van der Waals surface area contributed by atoms with Crippen molar-refractivity contribution in [2.45, 2.75) is 4.90 Å². The van der Waals surface area contributed by atoms with Crippen molar-refractivity contribution >= 4 is 21.1 Å². The van der Waals surface area contributed by atoms with E-state index in [1.807, 2.05) is 24.3 Å². The minimum absolute atomic E-state index is 0.236. The van der Waals surface area contributed by atoms with Gasteiger partial charge >= 0.3 is 0 Å². The van der Waals surface area contributed by atoms with Crippen LogP contribution in [0.1, 0.15) is 0 Å². The molecule has 0 bridgehead atoms. The molecule has 1 aromatic heterocycles. The molecule has 3 rings (SSSR count). The maximum atomic E-state index is 12.2. The van der Waals surface area contributed by atoms with E-state index in [9.17, 15) is 8.42 Å². The van der Waals surface area contributed by atoms with Crippen molar-refractivity contribution in [1.29, 1.82) is 0 Å². The highest BCUT2D eigenvalue weighted by atomic mass is 32.2. The van der Waals surface area contributed by atoms with Gasteiger partial charge in [-0.25, -0.2) is 17.7 Å². The molecule has 120 valence electrons. The quantitative estimate of drug-likeness (QED) is 0.797. The highest BCUT2D eigenvalue weighted by molar-refractivity contribution is 7.89. The number of methoxy groups -OCH3 is 1. The van der Waals surface area contributed by atoms with Crippen LogP contribution in [0.5, 0.6) is 5.75 Å². The van der Waals surface area contributed by atoms with Gasteiger partial charge in [-0.05, 0) is 42.5 Å². The molecule has 0 atom stereocenters. The molecule has 0 spiro atoms. The molecule has 6 nitrogen and oxygen atoms in total. The third-order valence-corrected chi connectivity index (χ3v) is 5.41. The lowest BCUT2D eigenvalue weighted by Gasteiger charge is -2.10. The standard InChI is InChI=1S/C16H17N3O3S/c1-19(2)23(20,21)13-8-9-14-15(10-13)18-16(17-14)11-4-6-12(22-3)7-5-11/h4-10H,1-3H3,(H,17,18). The number of sulfonamides is 1. The summed E-state index contributed by atoms with van der Waals surface area (Å²) < 4.78 is 30.7. The summed E-state index contributed by atoms with van der Waals surface area (Å²) in [5, 5.41) is 0. The third-order valence-electron chi connectivity index (χ3n) is 3.60. The minimum Gasteiger partial charge on any atom is -0.497 e. The summed E-state index contributed by atoms with van der Waals surface area (Å²) in [6, 6.07) is 12.4. The average Bonchev–Trinajstić information content (AvgIpc) is 2.97. The van der Waals surface area contributed by atoms with Gasteiger partial charge in [-0.1, -0.05) is 0 Å². The van der Waals surface area contributed by atoms with Crippen LogP contribution >= 0.6 is 0 Å². The van der Waals surface area contributed by atoms with Crippen molar-refractivity contribution < 1.29 is 13.2 Å². The maximum absolute atomic E-state index is 12.2. The Morgan fingerprint density at radius 3 is 2.39 bits per heavy atom. The normalized spacial score (nSPS) is 12.0. The molecule has 0 amide bonds. The van der Waals surface area contributed by atoms with Crippen LogP contribution in [0.3, 0.4) is 0 Å². The highest BCUT2D eigenvalue weighted by Crippen LogP contribution is 2.25. The molecular weight excluding hydrogens is 314 g/mol. The van der Waals surface area contributed by atoms with Gasteiger partial charge in [-0.15, -0.1) is 0 Å². The van der Waals surface area contributed by atoms with Crippen molar-refractivity contribution in [2.24, 2.45) is 0 Å². The summed E-state index contributed by atoms with van der Waals surface area (Å²) in [4.78, 5) is 7.90. The monoisotopic (exact) mass is 331 g/mol. The smallest absolute Gasteiger partial charge is 0.242 e. The van der Waals surface area contributed by atoms with E-state index in [-0.39, 0.29) is 4.90 Å². The third kappa shape index (κ3) is 2.80. The van der Waals surface area contributed by atoms with Crippen molar-refractivity contribution in [3.05, 3.63) is 42.5 Å². The van der Waals surface area contributed by atoms with Gasteiger partial charge < -0.3 is 9.72 Å². The van der Waals surface area contributed by atoms with Crippen molar-refractivity contribution in [3.63, 3.8) is 0 Å². The average molecular weight is 331 g/mol. The molecule has 0 unspecified atom stereocenters. The van der Waals surface area contributed by atoms with Crippen LogP contribution in [0.15, 0.2) is 47.4 Å². The van der Waals surface area contributed by atoms with Gasteiger partial charge in [0, 0.05) is 19.7 Å². The number of hydrogen-bond donors (Lipinski definition) is 1. The number of aromatic nitrogens is 2. The van der Waals surface area contributed by atoms with E-state index in [1.165, 1.54) is 18.4 Å². The Kier molecular flexibility index (Phi) is 3.83. The number of fused-ring (bicyclic) bond motifs is 1. The first-order valence-electron chi connectivity index (χ1n) is 6.98. The van der Waals surface area contributed by atoms with Gasteiger partial charge in [0.05, 0.1) is 23.0 Å². The molecule has 7 heteroatoms. The fraction of sp³-hybridized carbons (Fsp3) is 0.188. The van der Waals surface area contributed by atoms with Crippen LogP contribution < -0.4 is 4.74 Å². The number of hydrogen-bond acceptors (Lipinski definition) is 4. The topological polar surface area (TPSA) is 75.3 Å². The number of nitrogens with one attached hydrogen (secondary N) is 1. The van der Waals surface area contributed by atoms with Crippen LogP contribution in [0.2, 0.25) is 0 Å². The Hall–Kier alpha value is -2.38. The number of ether oxygens (including phenoxy) is 1. The number of rotatable bonds is 4. The number of H-pyrrole nitrogens is 1. The fourth-order valence-corrected chi connectivity index (χ4v) is 3.17. The van der Waals surface area contributed by atoms with Gasteiger partial charge in [-0.2, -0.15) is 0 Å². The van der Waals surface area contributed by atoms with Crippen molar-refractivity contribution in [1.82, 2.24) is 14.3 Å². The second kappa shape index (κ2) is 5.68. The predicted molar refractivity (Wildman–Crippen MR) is 89.0 cm³/mol. The van der Waals surface area contributed by atoms with Gasteiger partial charge in [0.15, 0.2) is 0 Å². The summed E-state index contributed by atoms with van der Waals surface area (Å²) >= 11 is 0. The summed E-state index contributed by atoms with van der Waals surface area (Å²) in [7, 11) is 1.17. The van der Waals surface area contributed by atoms with Gasteiger partial charge in [0.2, 0.25) is 10.0 Å². The Morgan fingerprint density at radius 2 is 1.78 bits per heavy atom. The largest absolute Gasteiger partial charge is 0.497 e. The molecule has 0 saturated carbocycles. The SMILES string of the molecule is COc1ccc(-c2nc3ccc(S(=O)(=O)N(C)C)cc3[nH]2)cc1. The molecule has 3 aromatic rings. The number of aromatic amines is 1. The first kappa shape index (κ1) is 15.5. The predicted octanol–water partition coefficient (Wildman–Crippen LogP) is 2.49. The summed E-state index contributed by atoms with van der Waals surface area (Å²) in [6.07, 6.45) is 0. The van der Waals surface area contributed by atoms with E-state index in [4.69, 9.17) is 4.74 Å². The molecule has 1 heterocycles. The molecule has 0 saturated heterocycles. The van der Waals surface area contributed by atoms with Gasteiger partial charge in [0.25, 0.3) is 0 Å². The van der Waals surface area contributed by atoms with E-state index in [2.05, 4.69) is 9.97 Å². The summed E-state index contributed by atoms with van der Waals surface area (Å²) in [5.74, 6) is 1.45. The van der Waals surface area contributed by atoms with E-state index in [0.717, 1.165) is 11.3 Å². The zero-order valence-corrected chi connectivity index (χ0v) is 13.9. The molecule has 1 N–H and O–H groups in total. The van der Waals surface area contributed by atoms with Crippen LogP contribution in [0.25, 0.3) is 22.4 Å². The summed E-state index contributed by atoms with van der Waals surface area (Å²) in [6.45, 7) is 0. The molecular formula is C16H17N3O3S.